The fourth-order valence-corrected chi connectivity index (χ4v) is 4.12. The highest BCUT2D eigenvalue weighted by molar-refractivity contribution is 7.92. The van der Waals surface area contributed by atoms with E-state index >= 15 is 0 Å². The number of aromatic nitrogens is 2. The topological polar surface area (TPSA) is 93.2 Å². The van der Waals surface area contributed by atoms with E-state index in [0.29, 0.717) is 22.3 Å². The number of methoxy groups -OCH3 is 1. The second kappa shape index (κ2) is 8.04. The molecule has 28 heavy (non-hydrogen) atoms. The Bertz CT molecular complexity index is 1100. The summed E-state index contributed by atoms with van der Waals surface area (Å²) >= 11 is 5.95. The van der Waals surface area contributed by atoms with Crippen molar-refractivity contribution in [2.75, 3.05) is 17.1 Å². The molecule has 0 aliphatic heterocycles. The average Bonchev–Trinajstić information content (AvgIpc) is 2.60. The van der Waals surface area contributed by atoms with Crippen LogP contribution in [0, 0.1) is 13.8 Å². The molecule has 0 amide bonds. The molecule has 0 atom stereocenters. The molecule has 2 aromatic carbocycles. The van der Waals surface area contributed by atoms with Gasteiger partial charge in [0.1, 0.15) is 10.6 Å². The first-order valence-electron chi connectivity index (χ1n) is 8.32. The first kappa shape index (κ1) is 19.9. The Kier molecular flexibility index (Phi) is 5.71. The van der Waals surface area contributed by atoms with Crippen LogP contribution >= 0.6 is 11.6 Å². The molecule has 0 bridgehead atoms. The van der Waals surface area contributed by atoms with Crippen LogP contribution in [-0.2, 0) is 10.0 Å². The Morgan fingerprint density at radius 1 is 0.964 bits per heavy atom. The highest BCUT2D eigenvalue weighted by Crippen LogP contribution is 2.29. The van der Waals surface area contributed by atoms with Crippen molar-refractivity contribution in [2.45, 2.75) is 18.7 Å². The molecule has 0 radical (unpaired) electrons. The Hall–Kier alpha value is -2.84. The number of aryl methyl sites for hydroxylation is 2. The average molecular weight is 419 g/mol. The zero-order chi connectivity index (χ0) is 20.3. The van der Waals surface area contributed by atoms with Crippen LogP contribution in [0.4, 0.5) is 17.3 Å². The van der Waals surface area contributed by atoms with E-state index < -0.39 is 10.0 Å². The number of hydrogen-bond acceptors (Lipinski definition) is 6. The quantitative estimate of drug-likeness (QED) is 0.619. The molecule has 0 aliphatic rings. The number of hydrogen-bond donors (Lipinski definition) is 2. The second-order valence-corrected chi connectivity index (χ2v) is 8.17. The number of rotatable bonds is 6. The van der Waals surface area contributed by atoms with Gasteiger partial charge in [0.15, 0.2) is 0 Å². The molecule has 0 saturated carbocycles. The molecular formula is C19H19ClN4O3S. The zero-order valence-electron chi connectivity index (χ0n) is 15.5. The summed E-state index contributed by atoms with van der Waals surface area (Å²) in [5, 5.41) is 3.38. The van der Waals surface area contributed by atoms with E-state index in [1.54, 1.807) is 30.3 Å². The van der Waals surface area contributed by atoms with Crippen LogP contribution in [0.5, 0.6) is 5.75 Å². The molecule has 0 unspecified atom stereocenters. The van der Waals surface area contributed by atoms with Gasteiger partial charge >= 0.3 is 0 Å². The van der Waals surface area contributed by atoms with Gasteiger partial charge in [-0.2, -0.15) is 0 Å². The molecular weight excluding hydrogens is 400 g/mol. The molecule has 0 aliphatic carbocycles. The van der Waals surface area contributed by atoms with Gasteiger partial charge in [0.05, 0.1) is 12.8 Å². The molecule has 9 heteroatoms. The predicted octanol–water partition coefficient (Wildman–Crippen LogP) is 4.30. The Morgan fingerprint density at radius 2 is 1.64 bits per heavy atom. The summed E-state index contributed by atoms with van der Waals surface area (Å²) in [5.41, 5.74) is 2.68. The van der Waals surface area contributed by atoms with E-state index in [1.807, 2.05) is 19.9 Å². The highest BCUT2D eigenvalue weighted by Gasteiger charge is 2.20. The lowest BCUT2D eigenvalue weighted by atomic mass is 10.3. The van der Waals surface area contributed by atoms with Crippen LogP contribution in [0.15, 0.2) is 53.4 Å². The van der Waals surface area contributed by atoms with Crippen molar-refractivity contribution in [3.05, 3.63) is 64.9 Å². The van der Waals surface area contributed by atoms with Crippen LogP contribution in [0.1, 0.15) is 11.4 Å². The Morgan fingerprint density at radius 3 is 2.32 bits per heavy atom. The summed E-state index contributed by atoms with van der Waals surface area (Å²) in [4.78, 5) is 8.60. The molecule has 0 saturated heterocycles. The maximum atomic E-state index is 12.8. The molecule has 0 spiro atoms. The number of halogens is 1. The number of nitrogens with one attached hydrogen (secondary N) is 2. The fraction of sp³-hybridized carbons (Fsp3) is 0.158. The fourth-order valence-electron chi connectivity index (χ4n) is 2.64. The minimum atomic E-state index is -3.90. The summed E-state index contributed by atoms with van der Waals surface area (Å²) in [6.07, 6.45) is 0. The van der Waals surface area contributed by atoms with Gasteiger partial charge in [-0.1, -0.05) is 17.7 Å². The maximum Gasteiger partial charge on any atom is 0.265 e. The van der Waals surface area contributed by atoms with Crippen LogP contribution in [-0.4, -0.2) is 25.5 Å². The van der Waals surface area contributed by atoms with E-state index in [9.17, 15) is 8.42 Å². The first-order chi connectivity index (χ1) is 13.3. The SMILES string of the molecule is COc1ccc(Cl)cc1S(=O)(=O)Nc1cccc(Nc2nc(C)cc(C)n2)c1. The second-order valence-electron chi connectivity index (χ2n) is 6.08. The maximum absolute atomic E-state index is 12.8. The van der Waals surface area contributed by atoms with Gasteiger partial charge in [-0.05, 0) is 56.3 Å². The van der Waals surface area contributed by atoms with Crippen molar-refractivity contribution >= 4 is 38.9 Å². The van der Waals surface area contributed by atoms with Gasteiger partial charge in [0.2, 0.25) is 5.95 Å². The largest absolute Gasteiger partial charge is 0.495 e. The van der Waals surface area contributed by atoms with Crippen molar-refractivity contribution in [3.63, 3.8) is 0 Å². The van der Waals surface area contributed by atoms with Crippen LogP contribution in [0.3, 0.4) is 0 Å². The van der Waals surface area contributed by atoms with E-state index in [4.69, 9.17) is 16.3 Å². The van der Waals surface area contributed by atoms with Crippen LogP contribution < -0.4 is 14.8 Å². The molecule has 1 heterocycles. The van der Waals surface area contributed by atoms with E-state index in [-0.39, 0.29) is 10.6 Å². The molecule has 7 nitrogen and oxygen atoms in total. The van der Waals surface area contributed by atoms with E-state index in [0.717, 1.165) is 11.4 Å². The lowest BCUT2D eigenvalue weighted by Crippen LogP contribution is -2.14. The predicted molar refractivity (Wildman–Crippen MR) is 110 cm³/mol. The standard InChI is InChI=1S/C19H19ClN4O3S/c1-12-9-13(2)22-19(21-12)23-15-5-4-6-16(11-15)24-28(25,26)18-10-14(20)7-8-17(18)27-3/h4-11,24H,1-3H3,(H,21,22,23). The van der Waals surface area contributed by atoms with Crippen molar-refractivity contribution < 1.29 is 13.2 Å². The highest BCUT2D eigenvalue weighted by atomic mass is 35.5. The molecule has 2 N–H and O–H groups in total. The molecule has 1 aromatic heterocycles. The van der Waals surface area contributed by atoms with Crippen molar-refractivity contribution in [2.24, 2.45) is 0 Å². The summed E-state index contributed by atoms with van der Waals surface area (Å²) in [7, 11) is -2.50. The zero-order valence-corrected chi connectivity index (χ0v) is 17.1. The minimum absolute atomic E-state index is 0.0431. The monoisotopic (exact) mass is 418 g/mol. The lowest BCUT2D eigenvalue weighted by molar-refractivity contribution is 0.403. The van der Waals surface area contributed by atoms with Crippen molar-refractivity contribution in [1.29, 1.82) is 0 Å². The van der Waals surface area contributed by atoms with Gasteiger partial charge in [-0.15, -0.1) is 0 Å². The first-order valence-corrected chi connectivity index (χ1v) is 10.2. The molecule has 3 rings (SSSR count). The number of benzene rings is 2. The number of ether oxygens (including phenoxy) is 1. The molecule has 146 valence electrons. The van der Waals surface area contributed by atoms with Crippen LogP contribution in [0.25, 0.3) is 0 Å². The smallest absolute Gasteiger partial charge is 0.265 e. The number of nitrogens with zero attached hydrogens (tertiary/aromatic N) is 2. The molecule has 0 fully saturated rings. The lowest BCUT2D eigenvalue weighted by Gasteiger charge is -2.13. The normalized spacial score (nSPS) is 11.1. The summed E-state index contributed by atoms with van der Waals surface area (Å²) in [5.74, 6) is 0.642. The number of anilines is 3. The van der Waals surface area contributed by atoms with Gasteiger partial charge in [-0.3, -0.25) is 4.72 Å². The third-order valence-electron chi connectivity index (χ3n) is 3.77. The van der Waals surface area contributed by atoms with E-state index in [1.165, 1.54) is 19.2 Å². The summed E-state index contributed by atoms with van der Waals surface area (Å²) in [6, 6.07) is 13.1. The Balaban J connectivity index is 1.87. The molecule has 3 aromatic rings. The third kappa shape index (κ3) is 4.71. The van der Waals surface area contributed by atoms with Crippen molar-refractivity contribution in [1.82, 2.24) is 9.97 Å². The van der Waals surface area contributed by atoms with Gasteiger partial charge < -0.3 is 10.1 Å². The van der Waals surface area contributed by atoms with Gasteiger partial charge in [-0.25, -0.2) is 18.4 Å². The Labute approximate surface area is 168 Å². The third-order valence-corrected chi connectivity index (χ3v) is 5.41. The van der Waals surface area contributed by atoms with Crippen LogP contribution in [0.2, 0.25) is 5.02 Å². The summed E-state index contributed by atoms with van der Waals surface area (Å²) < 4.78 is 33.3. The minimum Gasteiger partial charge on any atom is -0.495 e. The number of sulfonamides is 1. The summed E-state index contributed by atoms with van der Waals surface area (Å²) in [6.45, 7) is 3.76. The van der Waals surface area contributed by atoms with Crippen molar-refractivity contribution in [3.8, 4) is 5.75 Å². The van der Waals surface area contributed by atoms with Gasteiger partial charge in [0, 0.05) is 22.1 Å². The van der Waals surface area contributed by atoms with Gasteiger partial charge in [0.25, 0.3) is 10.0 Å². The van der Waals surface area contributed by atoms with E-state index in [2.05, 4.69) is 20.0 Å².